The van der Waals surface area contributed by atoms with Crippen LogP contribution in [0.1, 0.15) is 31.5 Å². The highest BCUT2D eigenvalue weighted by atomic mass is 19.1. The van der Waals surface area contributed by atoms with Gasteiger partial charge in [-0.1, -0.05) is 6.08 Å². The largest absolute Gasteiger partial charge is 0.386 e. The summed E-state index contributed by atoms with van der Waals surface area (Å²) >= 11 is 0. The van der Waals surface area contributed by atoms with Crippen molar-refractivity contribution in [1.82, 2.24) is 14.5 Å². The quantitative estimate of drug-likeness (QED) is 0.594. The second-order valence-electron chi connectivity index (χ2n) is 7.72. The van der Waals surface area contributed by atoms with Gasteiger partial charge in [0.25, 0.3) is 5.56 Å². The molecule has 3 heterocycles. The smallest absolute Gasteiger partial charge is 0.258 e. The highest BCUT2D eigenvalue weighted by Gasteiger charge is 2.43. The number of amides is 1. The number of anilines is 1. The number of aryl methyl sites for hydroxylation is 2. The van der Waals surface area contributed by atoms with Gasteiger partial charge in [-0.25, -0.2) is 9.37 Å². The molecular formula is C23H23FN4O3. The van der Waals surface area contributed by atoms with Crippen LogP contribution in [0.25, 0.3) is 22.0 Å². The predicted molar refractivity (Wildman–Crippen MR) is 116 cm³/mol. The Morgan fingerprint density at radius 3 is 2.81 bits per heavy atom. The average Bonchev–Trinajstić information content (AvgIpc) is 3.48. The van der Waals surface area contributed by atoms with Crippen LogP contribution in [0, 0.1) is 12.8 Å². The molecule has 0 bridgehead atoms. The van der Waals surface area contributed by atoms with Crippen LogP contribution in [0.3, 0.4) is 0 Å². The van der Waals surface area contributed by atoms with Gasteiger partial charge in [0.1, 0.15) is 12.0 Å². The van der Waals surface area contributed by atoms with E-state index in [-0.39, 0.29) is 29.9 Å². The van der Waals surface area contributed by atoms with E-state index in [0.717, 1.165) is 0 Å². The first-order valence-electron chi connectivity index (χ1n) is 10.4. The fourth-order valence-electron chi connectivity index (χ4n) is 3.52. The number of carbonyl (C=O) groups is 1. The van der Waals surface area contributed by atoms with Gasteiger partial charge in [0.2, 0.25) is 5.91 Å². The summed E-state index contributed by atoms with van der Waals surface area (Å²) < 4.78 is 22.6. The molecule has 1 aliphatic carbocycles. The maximum absolute atomic E-state index is 13.1. The number of aliphatic hydroxyl groups is 1. The van der Waals surface area contributed by atoms with Gasteiger partial charge < -0.3 is 15.0 Å². The number of pyridine rings is 3. The van der Waals surface area contributed by atoms with E-state index in [1.54, 1.807) is 32.2 Å². The molecule has 31 heavy (non-hydrogen) atoms. The van der Waals surface area contributed by atoms with E-state index in [2.05, 4.69) is 21.9 Å². The van der Waals surface area contributed by atoms with E-state index in [1.165, 1.54) is 23.0 Å². The van der Waals surface area contributed by atoms with Gasteiger partial charge in [0.05, 0.1) is 24.6 Å². The average molecular weight is 423 g/mol. The lowest BCUT2D eigenvalue weighted by molar-refractivity contribution is -0.117. The van der Waals surface area contributed by atoms with Crippen molar-refractivity contribution in [2.75, 3.05) is 5.32 Å². The molecule has 0 unspecified atom stereocenters. The van der Waals surface area contributed by atoms with E-state index in [1.807, 2.05) is 0 Å². The molecule has 4 rings (SSSR count). The summed E-state index contributed by atoms with van der Waals surface area (Å²) in [4.78, 5) is 33.5. The monoisotopic (exact) mass is 423 g/mol. The van der Waals surface area contributed by atoms with Crippen LogP contribution in [-0.4, -0.2) is 31.7 Å². The van der Waals surface area contributed by atoms with Gasteiger partial charge >= 0.3 is 0 Å². The third kappa shape index (κ3) is 3.98. The molecule has 0 saturated heterocycles. The first kappa shape index (κ1) is 19.6. The van der Waals surface area contributed by atoms with E-state index in [4.69, 9.17) is 1.37 Å². The summed E-state index contributed by atoms with van der Waals surface area (Å²) in [6.45, 7) is 5.33. The zero-order valence-corrected chi connectivity index (χ0v) is 17.2. The summed E-state index contributed by atoms with van der Waals surface area (Å²) in [5.41, 5.74) is 2.10. The molecule has 2 N–H and O–H groups in total. The van der Waals surface area contributed by atoms with Crippen molar-refractivity contribution >= 4 is 22.6 Å². The van der Waals surface area contributed by atoms with Crippen molar-refractivity contribution in [3.8, 4) is 11.1 Å². The molecule has 3 atom stereocenters. The number of hydrogen-bond donors (Lipinski definition) is 2. The Kier molecular flexibility index (Phi) is 5.07. The Morgan fingerprint density at radius 2 is 2.16 bits per heavy atom. The number of hydrogen-bond acceptors (Lipinski definition) is 5. The predicted octanol–water partition coefficient (Wildman–Crippen LogP) is 3.21. The minimum absolute atomic E-state index is 0.0216. The molecule has 3 aromatic heterocycles. The van der Waals surface area contributed by atoms with Crippen LogP contribution < -0.4 is 10.9 Å². The maximum atomic E-state index is 13.1. The van der Waals surface area contributed by atoms with Crippen LogP contribution in [0.2, 0.25) is 0 Å². The van der Waals surface area contributed by atoms with E-state index < -0.39 is 24.1 Å². The van der Waals surface area contributed by atoms with E-state index in [0.29, 0.717) is 27.6 Å². The Bertz CT molecular complexity index is 1300. The lowest BCUT2D eigenvalue weighted by Crippen LogP contribution is -2.20. The number of aromatic nitrogens is 3. The molecule has 0 spiro atoms. The lowest BCUT2D eigenvalue weighted by atomic mass is 10.0. The zero-order chi connectivity index (χ0) is 23.2. The summed E-state index contributed by atoms with van der Waals surface area (Å²) in [5, 5.41) is 13.5. The van der Waals surface area contributed by atoms with Gasteiger partial charge in [-0.3, -0.25) is 14.6 Å². The summed E-state index contributed by atoms with van der Waals surface area (Å²) in [5.74, 6) is -0.799. The van der Waals surface area contributed by atoms with Gasteiger partial charge in [-0.2, -0.15) is 0 Å². The Hall–Kier alpha value is -3.39. The van der Waals surface area contributed by atoms with Crippen LogP contribution in [0.4, 0.5) is 10.2 Å². The SMILES string of the molecule is [2H][C@](O)(CC=C)c1cc(C)c(-c2cc3cnc(NC(=O)[C@H]4C[C@H]4F)cc3n(C)c2=O)cn1. The van der Waals surface area contributed by atoms with Crippen molar-refractivity contribution < 1.29 is 15.7 Å². The third-order valence-corrected chi connectivity index (χ3v) is 5.44. The standard InChI is InChI=1S/C23H23FN4O3/c1-4-5-20(29)18-6-12(2)16(11-25-18)14-7-13-10-26-21(9-19(13)28(3)23(14)31)27-22(30)15-8-17(15)24/h4,6-7,9-11,15,17,20,29H,1,5,8H2,2-3H3,(H,26,27,30)/t15-,17+,20-/m0/s1/i20D. The molecule has 3 aromatic rings. The molecule has 160 valence electrons. The van der Waals surface area contributed by atoms with Gasteiger partial charge in [0.15, 0.2) is 0 Å². The number of nitrogens with one attached hydrogen (secondary N) is 1. The number of rotatable bonds is 6. The molecule has 0 aliphatic heterocycles. The van der Waals surface area contributed by atoms with E-state index in [9.17, 15) is 19.1 Å². The minimum Gasteiger partial charge on any atom is -0.386 e. The van der Waals surface area contributed by atoms with Gasteiger partial charge in [0, 0.05) is 42.0 Å². The maximum Gasteiger partial charge on any atom is 0.258 e. The Balaban J connectivity index is 1.72. The third-order valence-electron chi connectivity index (χ3n) is 5.44. The molecular weight excluding hydrogens is 399 g/mol. The summed E-state index contributed by atoms with van der Waals surface area (Å²) in [7, 11) is 1.61. The number of alkyl halides is 1. The van der Waals surface area contributed by atoms with Crippen LogP contribution >= 0.6 is 0 Å². The van der Waals surface area contributed by atoms with Crippen molar-refractivity contribution in [3.63, 3.8) is 0 Å². The molecule has 0 radical (unpaired) electrons. The second kappa shape index (κ2) is 8.03. The fraction of sp³-hybridized carbons (Fsp3) is 0.304. The molecule has 1 aliphatic rings. The van der Waals surface area contributed by atoms with Gasteiger partial charge in [-0.05, 0) is 37.5 Å². The second-order valence-corrected chi connectivity index (χ2v) is 7.72. The summed E-state index contributed by atoms with van der Waals surface area (Å²) in [6.07, 6.45) is 1.70. The molecule has 0 aromatic carbocycles. The number of nitrogens with zero attached hydrogens (tertiary/aromatic N) is 3. The number of fused-ring (bicyclic) bond motifs is 1. The first-order valence-corrected chi connectivity index (χ1v) is 9.88. The van der Waals surface area contributed by atoms with Crippen molar-refractivity contribution in [3.05, 3.63) is 64.9 Å². The molecule has 7 nitrogen and oxygen atoms in total. The topological polar surface area (TPSA) is 97.1 Å². The van der Waals surface area contributed by atoms with Gasteiger partial charge in [-0.15, -0.1) is 6.58 Å². The highest BCUT2D eigenvalue weighted by molar-refractivity contribution is 5.95. The van der Waals surface area contributed by atoms with E-state index >= 15 is 0 Å². The van der Waals surface area contributed by atoms with Crippen molar-refractivity contribution in [2.24, 2.45) is 13.0 Å². The molecule has 1 fully saturated rings. The normalized spacial score (nSPS) is 20.1. The van der Waals surface area contributed by atoms with Crippen LogP contribution in [-0.2, 0) is 11.8 Å². The number of carbonyl (C=O) groups excluding carboxylic acids is 1. The minimum atomic E-state index is -1.90. The number of halogens is 1. The lowest BCUT2D eigenvalue weighted by Gasteiger charge is -2.14. The highest BCUT2D eigenvalue weighted by Crippen LogP contribution is 2.34. The van der Waals surface area contributed by atoms with Crippen molar-refractivity contribution in [1.29, 1.82) is 0 Å². The van der Waals surface area contributed by atoms with Crippen molar-refractivity contribution in [2.45, 2.75) is 32.0 Å². The molecule has 8 heteroatoms. The Labute approximate surface area is 179 Å². The molecule has 1 saturated carbocycles. The zero-order valence-electron chi connectivity index (χ0n) is 18.2. The van der Waals surface area contributed by atoms with Crippen LogP contribution in [0.5, 0.6) is 0 Å². The molecule has 1 amide bonds. The summed E-state index contributed by atoms with van der Waals surface area (Å²) in [6, 6.07) is 4.86. The first-order chi connectivity index (χ1) is 15.1. The fourth-order valence-corrected chi connectivity index (χ4v) is 3.52. The Morgan fingerprint density at radius 1 is 1.42 bits per heavy atom. The van der Waals surface area contributed by atoms with Crippen LogP contribution in [0.15, 0.2) is 48.0 Å².